The number of esters is 2. The smallest absolute Gasteiger partial charge is 0.306 e. The van der Waals surface area contributed by atoms with Crippen LogP contribution in [0.1, 0.15) is 25.7 Å². The largest absolute Gasteiger partial charge is 0.463 e. The molecule has 0 rings (SSSR count). The third-order valence-corrected chi connectivity index (χ3v) is 2.59. The summed E-state index contributed by atoms with van der Waals surface area (Å²) in [5.41, 5.74) is 0. The lowest BCUT2D eigenvalue weighted by Gasteiger charge is -2.06. The van der Waals surface area contributed by atoms with Crippen molar-refractivity contribution in [3.63, 3.8) is 0 Å². The van der Waals surface area contributed by atoms with Gasteiger partial charge in [0.25, 0.3) is 0 Å². The lowest BCUT2D eigenvalue weighted by molar-refractivity contribution is -0.147. The van der Waals surface area contributed by atoms with Gasteiger partial charge in [-0.05, 0) is 12.2 Å². The van der Waals surface area contributed by atoms with E-state index in [1.165, 1.54) is 0 Å². The van der Waals surface area contributed by atoms with Gasteiger partial charge in [-0.25, -0.2) is 0 Å². The number of hydrogen-bond donors (Lipinski definition) is 0. The molecule has 0 aliphatic rings. The molecule has 0 aliphatic heterocycles. The van der Waals surface area contributed by atoms with Crippen LogP contribution in [0.2, 0.25) is 0 Å². The highest BCUT2D eigenvalue weighted by Gasteiger charge is 2.06. The summed E-state index contributed by atoms with van der Waals surface area (Å²) in [6.45, 7) is 7.04. The second-order valence-electron chi connectivity index (χ2n) is 4.39. The summed E-state index contributed by atoms with van der Waals surface area (Å²) < 4.78 is 14.8. The Morgan fingerprint density at radius 2 is 1.04 bits per heavy atom. The van der Waals surface area contributed by atoms with Gasteiger partial charge in [0.05, 0.1) is 26.1 Å². The van der Waals surface area contributed by atoms with Crippen LogP contribution in [0.25, 0.3) is 0 Å². The quantitative estimate of drug-likeness (QED) is 0.268. The van der Waals surface area contributed by atoms with Crippen LogP contribution in [0.15, 0.2) is 25.3 Å². The molecule has 128 valence electrons. The minimum absolute atomic E-state index is 0.00585. The fraction of sp³-hybridized carbons (Fsp3) is 0.500. The fourth-order valence-corrected chi connectivity index (χ4v) is 1.33. The Balaban J connectivity index is 3.45. The van der Waals surface area contributed by atoms with Crippen molar-refractivity contribution >= 4 is 23.5 Å². The number of hydrogen-bond acceptors (Lipinski definition) is 7. The molecule has 0 radical (unpaired) electrons. The average molecular weight is 326 g/mol. The average Bonchev–Trinajstić information content (AvgIpc) is 2.56. The van der Waals surface area contributed by atoms with E-state index in [9.17, 15) is 19.2 Å². The Hall–Kier alpha value is -2.28. The summed E-state index contributed by atoms with van der Waals surface area (Å²) >= 11 is 0. The van der Waals surface area contributed by atoms with Gasteiger partial charge in [-0.2, -0.15) is 0 Å². The molecule has 0 aromatic carbocycles. The van der Waals surface area contributed by atoms with Crippen LogP contribution >= 0.6 is 0 Å². The van der Waals surface area contributed by atoms with Crippen molar-refractivity contribution < 1.29 is 33.4 Å². The van der Waals surface area contributed by atoms with E-state index in [1.54, 1.807) is 0 Å². The first kappa shape index (κ1) is 20.7. The molecule has 0 aromatic heterocycles. The second kappa shape index (κ2) is 13.4. The maximum atomic E-state index is 11.2. The molecular formula is C16H22O7. The Bertz CT molecular complexity index is 400. The molecule has 0 spiro atoms. The molecule has 7 nitrogen and oxygen atoms in total. The third-order valence-electron chi connectivity index (χ3n) is 2.59. The number of ketones is 2. The standard InChI is InChI=1S/C16H22O7/c1-3-13(17)5-7-15(19)22-11-9-21-10-12-23-16(20)8-6-14(18)4-2/h3-4H,1-2,5-12H2. The van der Waals surface area contributed by atoms with Gasteiger partial charge in [-0.3, -0.25) is 19.2 Å². The molecule has 0 aliphatic carbocycles. The zero-order valence-corrected chi connectivity index (χ0v) is 13.1. The Labute approximate surface area is 135 Å². The number of carbonyl (C=O) groups excluding carboxylic acids is 4. The summed E-state index contributed by atoms with van der Waals surface area (Å²) in [7, 11) is 0. The molecular weight excluding hydrogens is 304 g/mol. The summed E-state index contributed by atoms with van der Waals surface area (Å²) in [6.07, 6.45) is 2.48. The number of ether oxygens (including phenoxy) is 3. The first-order chi connectivity index (χ1) is 11.0. The summed E-state index contributed by atoms with van der Waals surface area (Å²) in [5.74, 6) is -1.39. The second-order valence-corrected chi connectivity index (χ2v) is 4.39. The van der Waals surface area contributed by atoms with Crippen LogP contribution in [0.5, 0.6) is 0 Å². The number of rotatable bonds is 14. The summed E-state index contributed by atoms with van der Waals surface area (Å²) in [5, 5.41) is 0. The van der Waals surface area contributed by atoms with Crippen molar-refractivity contribution in [1.82, 2.24) is 0 Å². The van der Waals surface area contributed by atoms with Crippen LogP contribution in [0.4, 0.5) is 0 Å². The van der Waals surface area contributed by atoms with Crippen molar-refractivity contribution in [2.75, 3.05) is 26.4 Å². The Kier molecular flexibility index (Phi) is 12.1. The molecule has 0 amide bonds. The van der Waals surface area contributed by atoms with Crippen LogP contribution < -0.4 is 0 Å². The van der Waals surface area contributed by atoms with Crippen LogP contribution in [-0.2, 0) is 33.4 Å². The molecule has 7 heteroatoms. The van der Waals surface area contributed by atoms with Gasteiger partial charge in [0.15, 0.2) is 11.6 Å². The van der Waals surface area contributed by atoms with Gasteiger partial charge in [0.1, 0.15) is 13.2 Å². The van der Waals surface area contributed by atoms with Crippen LogP contribution in [-0.4, -0.2) is 49.9 Å². The number of allylic oxidation sites excluding steroid dienone is 2. The highest BCUT2D eigenvalue weighted by molar-refractivity contribution is 5.91. The summed E-state index contributed by atoms with van der Waals surface area (Å²) in [4.78, 5) is 44.3. The molecule has 0 heterocycles. The lowest BCUT2D eigenvalue weighted by atomic mass is 10.2. The van der Waals surface area contributed by atoms with Gasteiger partial charge in [-0.15, -0.1) is 0 Å². The lowest BCUT2D eigenvalue weighted by Crippen LogP contribution is -2.15. The topological polar surface area (TPSA) is 96.0 Å². The maximum Gasteiger partial charge on any atom is 0.306 e. The van der Waals surface area contributed by atoms with E-state index in [1.807, 2.05) is 0 Å². The molecule has 0 bridgehead atoms. The van der Waals surface area contributed by atoms with Crippen LogP contribution in [0.3, 0.4) is 0 Å². The van der Waals surface area contributed by atoms with E-state index in [0.29, 0.717) is 0 Å². The van der Waals surface area contributed by atoms with Crippen molar-refractivity contribution in [2.24, 2.45) is 0 Å². The highest BCUT2D eigenvalue weighted by atomic mass is 16.6. The highest BCUT2D eigenvalue weighted by Crippen LogP contribution is 1.96. The third kappa shape index (κ3) is 13.1. The molecule has 0 unspecified atom stereocenters. The molecule has 23 heavy (non-hydrogen) atoms. The predicted molar refractivity (Wildman–Crippen MR) is 81.6 cm³/mol. The first-order valence-electron chi connectivity index (χ1n) is 7.19. The monoisotopic (exact) mass is 326 g/mol. The van der Waals surface area contributed by atoms with Crippen molar-refractivity contribution in [3.8, 4) is 0 Å². The van der Waals surface area contributed by atoms with E-state index in [4.69, 9.17) is 14.2 Å². The molecule has 0 fully saturated rings. The van der Waals surface area contributed by atoms with Crippen molar-refractivity contribution in [3.05, 3.63) is 25.3 Å². The van der Waals surface area contributed by atoms with Crippen molar-refractivity contribution in [1.29, 1.82) is 0 Å². The SMILES string of the molecule is C=CC(=O)CCC(=O)OCCOCCOC(=O)CCC(=O)C=C. The number of carbonyl (C=O) groups is 4. The molecule has 0 saturated heterocycles. The predicted octanol–water partition coefficient (Wildman–Crippen LogP) is 1.16. The fourth-order valence-electron chi connectivity index (χ4n) is 1.33. The van der Waals surface area contributed by atoms with Crippen LogP contribution in [0, 0.1) is 0 Å². The molecule has 0 N–H and O–H groups in total. The first-order valence-corrected chi connectivity index (χ1v) is 7.19. The van der Waals surface area contributed by atoms with E-state index in [0.717, 1.165) is 12.2 Å². The van der Waals surface area contributed by atoms with E-state index >= 15 is 0 Å². The Morgan fingerprint density at radius 1 is 0.652 bits per heavy atom. The molecule has 0 saturated carbocycles. The van der Waals surface area contributed by atoms with Gasteiger partial charge in [0, 0.05) is 12.8 Å². The normalized spacial score (nSPS) is 9.74. The Morgan fingerprint density at radius 3 is 1.39 bits per heavy atom. The van der Waals surface area contributed by atoms with Gasteiger partial charge >= 0.3 is 11.9 Å². The zero-order chi connectivity index (χ0) is 17.5. The van der Waals surface area contributed by atoms with Gasteiger partial charge < -0.3 is 14.2 Å². The minimum atomic E-state index is -0.484. The van der Waals surface area contributed by atoms with Crippen molar-refractivity contribution in [2.45, 2.75) is 25.7 Å². The van der Waals surface area contributed by atoms with Gasteiger partial charge in [-0.1, -0.05) is 13.2 Å². The molecule has 0 aromatic rings. The summed E-state index contributed by atoms with van der Waals surface area (Å²) in [6, 6.07) is 0. The molecule has 0 atom stereocenters. The maximum absolute atomic E-state index is 11.2. The minimum Gasteiger partial charge on any atom is -0.463 e. The van der Waals surface area contributed by atoms with E-state index in [-0.39, 0.29) is 63.7 Å². The van der Waals surface area contributed by atoms with Gasteiger partial charge in [0.2, 0.25) is 0 Å². The van der Waals surface area contributed by atoms with E-state index in [2.05, 4.69) is 13.2 Å². The van der Waals surface area contributed by atoms with E-state index < -0.39 is 11.9 Å². The zero-order valence-electron chi connectivity index (χ0n) is 13.1.